The maximum absolute atomic E-state index is 14.1. The lowest BCUT2D eigenvalue weighted by Gasteiger charge is -2.34. The van der Waals surface area contributed by atoms with E-state index in [1.54, 1.807) is 49.4 Å². The number of hydrogen-bond acceptors (Lipinski definition) is 9. The normalized spacial score (nSPS) is 11.7. The van der Waals surface area contributed by atoms with E-state index in [1.165, 1.54) is 33.3 Å². The number of carbonyl (C=O) groups excluding carboxylic acids is 3. The number of para-hydroxylation sites is 1. The molecule has 1 atom stereocenters. The van der Waals surface area contributed by atoms with Crippen LogP contribution in [-0.2, 0) is 14.4 Å². The van der Waals surface area contributed by atoms with Gasteiger partial charge in [0.25, 0.3) is 0 Å². The van der Waals surface area contributed by atoms with Crippen LogP contribution in [0.4, 0.5) is 11.5 Å². The zero-order valence-electron chi connectivity index (χ0n) is 25.2. The Morgan fingerprint density at radius 2 is 1.60 bits per heavy atom. The SMILES string of the molecule is COc1ccc(N(C(=O)CCC(=O)Nc2cc(C)on2)[C@H](C(=O)NC(C)(C)C)c2cccc(OC)c2OC)cc1OC. The molecule has 0 unspecified atom stereocenters. The monoisotopic (exact) mass is 582 g/mol. The molecule has 0 saturated carbocycles. The van der Waals surface area contributed by atoms with Crippen molar-refractivity contribution >= 4 is 29.2 Å². The van der Waals surface area contributed by atoms with Crippen LogP contribution in [0.3, 0.4) is 0 Å². The number of carbonyl (C=O) groups is 3. The third-order valence-electron chi connectivity index (χ3n) is 6.11. The lowest BCUT2D eigenvalue weighted by molar-refractivity contribution is -0.128. The van der Waals surface area contributed by atoms with Crippen LogP contribution in [0, 0.1) is 6.92 Å². The average Bonchev–Trinajstić information content (AvgIpc) is 3.36. The van der Waals surface area contributed by atoms with Gasteiger partial charge in [0.05, 0.1) is 28.4 Å². The van der Waals surface area contributed by atoms with Crippen LogP contribution in [-0.4, -0.2) is 56.9 Å². The summed E-state index contributed by atoms with van der Waals surface area (Å²) in [5.74, 6) is 0.791. The fourth-order valence-corrected chi connectivity index (χ4v) is 4.35. The van der Waals surface area contributed by atoms with Gasteiger partial charge in [0, 0.05) is 41.8 Å². The first kappa shape index (κ1) is 31.8. The van der Waals surface area contributed by atoms with Gasteiger partial charge in [-0.3, -0.25) is 19.3 Å². The molecule has 0 aliphatic rings. The van der Waals surface area contributed by atoms with Crippen molar-refractivity contribution in [3.05, 3.63) is 53.8 Å². The van der Waals surface area contributed by atoms with Crippen molar-refractivity contribution in [1.29, 1.82) is 0 Å². The van der Waals surface area contributed by atoms with Crippen LogP contribution in [0.25, 0.3) is 0 Å². The Hall–Kier alpha value is -4.74. The van der Waals surface area contributed by atoms with Crippen LogP contribution < -0.4 is 34.5 Å². The number of rotatable bonds is 12. The molecule has 0 spiro atoms. The van der Waals surface area contributed by atoms with E-state index in [2.05, 4.69) is 15.8 Å². The number of amides is 3. The highest BCUT2D eigenvalue weighted by Gasteiger charge is 2.37. The molecule has 0 aliphatic heterocycles. The molecule has 1 heterocycles. The zero-order valence-corrected chi connectivity index (χ0v) is 25.2. The van der Waals surface area contributed by atoms with Gasteiger partial charge in [0.15, 0.2) is 28.8 Å². The van der Waals surface area contributed by atoms with Gasteiger partial charge in [-0.2, -0.15) is 0 Å². The summed E-state index contributed by atoms with van der Waals surface area (Å²) in [5, 5.41) is 9.35. The third-order valence-corrected chi connectivity index (χ3v) is 6.11. The fraction of sp³-hybridized carbons (Fsp3) is 0.400. The molecule has 226 valence electrons. The van der Waals surface area contributed by atoms with E-state index in [4.69, 9.17) is 23.5 Å². The number of aryl methyl sites for hydroxylation is 1. The van der Waals surface area contributed by atoms with Crippen LogP contribution in [0.1, 0.15) is 51.0 Å². The van der Waals surface area contributed by atoms with Gasteiger partial charge >= 0.3 is 0 Å². The Morgan fingerprint density at radius 1 is 0.905 bits per heavy atom. The summed E-state index contributed by atoms with van der Waals surface area (Å²) in [6, 6.07) is 10.3. The second-order valence-electron chi connectivity index (χ2n) is 10.4. The molecule has 1 aromatic heterocycles. The molecule has 0 saturated heterocycles. The van der Waals surface area contributed by atoms with Gasteiger partial charge in [-0.05, 0) is 45.9 Å². The summed E-state index contributed by atoms with van der Waals surface area (Å²) in [6.07, 6.45) is -0.417. The smallest absolute Gasteiger partial charge is 0.248 e. The Labute approximate surface area is 245 Å². The predicted molar refractivity (Wildman–Crippen MR) is 156 cm³/mol. The van der Waals surface area contributed by atoms with E-state index in [-0.39, 0.29) is 24.4 Å². The summed E-state index contributed by atoms with van der Waals surface area (Å²) >= 11 is 0. The Balaban J connectivity index is 2.13. The van der Waals surface area contributed by atoms with Crippen molar-refractivity contribution in [3.8, 4) is 23.0 Å². The van der Waals surface area contributed by atoms with Crippen molar-refractivity contribution in [2.75, 3.05) is 38.7 Å². The molecule has 2 aromatic carbocycles. The van der Waals surface area contributed by atoms with Crippen molar-refractivity contribution in [2.24, 2.45) is 0 Å². The van der Waals surface area contributed by atoms with Gasteiger partial charge in [-0.1, -0.05) is 17.3 Å². The van der Waals surface area contributed by atoms with E-state index in [0.717, 1.165) is 0 Å². The summed E-state index contributed by atoms with van der Waals surface area (Å²) < 4.78 is 27.0. The Kier molecular flexibility index (Phi) is 10.4. The van der Waals surface area contributed by atoms with E-state index >= 15 is 0 Å². The molecule has 3 amide bonds. The maximum Gasteiger partial charge on any atom is 0.248 e. The third kappa shape index (κ3) is 7.71. The number of hydrogen-bond donors (Lipinski definition) is 2. The quantitative estimate of drug-likeness (QED) is 0.317. The lowest BCUT2D eigenvalue weighted by atomic mass is 9.98. The fourth-order valence-electron chi connectivity index (χ4n) is 4.35. The molecular weight excluding hydrogens is 544 g/mol. The summed E-state index contributed by atoms with van der Waals surface area (Å²) in [5.41, 5.74) is 0.0805. The van der Waals surface area contributed by atoms with E-state index in [9.17, 15) is 14.4 Å². The van der Waals surface area contributed by atoms with Crippen LogP contribution >= 0.6 is 0 Å². The maximum atomic E-state index is 14.1. The number of methoxy groups -OCH3 is 4. The zero-order chi connectivity index (χ0) is 31.0. The number of ether oxygens (including phenoxy) is 4. The molecule has 3 aromatic rings. The Morgan fingerprint density at radius 3 is 2.17 bits per heavy atom. The number of nitrogens with zero attached hydrogens (tertiary/aromatic N) is 2. The van der Waals surface area contributed by atoms with Crippen molar-refractivity contribution < 1.29 is 37.9 Å². The molecule has 0 radical (unpaired) electrons. The molecule has 0 fully saturated rings. The molecule has 2 N–H and O–H groups in total. The van der Waals surface area contributed by atoms with E-state index < -0.39 is 29.3 Å². The first-order chi connectivity index (χ1) is 19.9. The van der Waals surface area contributed by atoms with E-state index in [1.807, 2.05) is 20.8 Å². The first-order valence-corrected chi connectivity index (χ1v) is 13.2. The number of aromatic nitrogens is 1. The van der Waals surface area contributed by atoms with Gasteiger partial charge in [0.2, 0.25) is 17.7 Å². The number of nitrogens with one attached hydrogen (secondary N) is 2. The molecule has 0 aliphatic carbocycles. The minimum Gasteiger partial charge on any atom is -0.493 e. The molecule has 3 rings (SSSR count). The minimum atomic E-state index is -1.22. The van der Waals surface area contributed by atoms with Crippen LogP contribution in [0.5, 0.6) is 23.0 Å². The molecular formula is C30H38N4O8. The largest absolute Gasteiger partial charge is 0.493 e. The second-order valence-corrected chi connectivity index (χ2v) is 10.4. The van der Waals surface area contributed by atoms with E-state index in [0.29, 0.717) is 34.3 Å². The lowest BCUT2D eigenvalue weighted by Crippen LogP contribution is -2.49. The highest BCUT2D eigenvalue weighted by Crippen LogP contribution is 2.41. The minimum absolute atomic E-state index is 0.183. The summed E-state index contributed by atoms with van der Waals surface area (Å²) in [6.45, 7) is 7.21. The predicted octanol–water partition coefficient (Wildman–Crippen LogP) is 4.43. The Bertz CT molecular complexity index is 1410. The summed E-state index contributed by atoms with van der Waals surface area (Å²) in [7, 11) is 5.91. The second kappa shape index (κ2) is 13.7. The van der Waals surface area contributed by atoms with Gasteiger partial charge in [0.1, 0.15) is 11.8 Å². The number of anilines is 2. The molecule has 12 heteroatoms. The molecule has 42 heavy (non-hydrogen) atoms. The van der Waals surface area contributed by atoms with Crippen molar-refractivity contribution in [3.63, 3.8) is 0 Å². The van der Waals surface area contributed by atoms with Gasteiger partial charge in [-0.25, -0.2) is 0 Å². The molecule has 12 nitrogen and oxygen atoms in total. The topological polar surface area (TPSA) is 141 Å². The van der Waals surface area contributed by atoms with Gasteiger partial charge in [-0.15, -0.1) is 0 Å². The highest BCUT2D eigenvalue weighted by atomic mass is 16.5. The molecule has 0 bridgehead atoms. The average molecular weight is 583 g/mol. The number of benzene rings is 2. The van der Waals surface area contributed by atoms with Gasteiger partial charge < -0.3 is 34.1 Å². The van der Waals surface area contributed by atoms with Crippen LogP contribution in [0.2, 0.25) is 0 Å². The summed E-state index contributed by atoms with van der Waals surface area (Å²) in [4.78, 5) is 42.2. The standard InChI is InChI=1S/C30H38N4O8/c1-18-16-24(33-42-18)31-25(35)14-15-26(36)34(19-12-13-21(38-5)23(17-19)40-7)27(29(37)32-30(2,3)4)20-10-9-11-22(39-6)28(20)41-8/h9-13,16-17,27H,14-15H2,1-8H3,(H,32,37)(H,31,33,35)/t27-/m0/s1. The van der Waals surface area contributed by atoms with Crippen LogP contribution in [0.15, 0.2) is 47.0 Å². The first-order valence-electron chi connectivity index (χ1n) is 13.2. The van der Waals surface area contributed by atoms with Crippen molar-refractivity contribution in [2.45, 2.75) is 52.1 Å². The highest BCUT2D eigenvalue weighted by molar-refractivity contribution is 6.03. The van der Waals surface area contributed by atoms with Crippen molar-refractivity contribution in [1.82, 2.24) is 10.5 Å².